The third kappa shape index (κ3) is 2.57. The van der Waals surface area contributed by atoms with E-state index in [4.69, 9.17) is 16.7 Å². The van der Waals surface area contributed by atoms with Crippen molar-refractivity contribution in [3.05, 3.63) is 52.6 Å². The maximum Gasteiger partial charge on any atom is 0.338 e. The molecule has 2 rings (SSSR count). The number of hydrogen-bond acceptors (Lipinski definition) is 3. The lowest BCUT2D eigenvalue weighted by atomic mass is 10.0. The number of aliphatic hydroxyl groups excluding tert-OH is 1. The van der Waals surface area contributed by atoms with Gasteiger partial charge in [-0.2, -0.15) is 0 Å². The molecule has 2 N–H and O–H groups in total. The fourth-order valence-electron chi connectivity index (χ4n) is 1.70. The number of pyridine rings is 1. The molecule has 1 aromatic heterocycles. The van der Waals surface area contributed by atoms with Gasteiger partial charge in [-0.3, -0.25) is 4.98 Å². The molecule has 0 bridgehead atoms. The number of aromatic nitrogens is 1. The summed E-state index contributed by atoms with van der Waals surface area (Å²) >= 11 is 6.04. The van der Waals surface area contributed by atoms with Gasteiger partial charge < -0.3 is 10.2 Å². The third-order valence-corrected chi connectivity index (χ3v) is 3.00. The zero-order valence-corrected chi connectivity index (χ0v) is 10.4. The summed E-state index contributed by atoms with van der Waals surface area (Å²) in [6.07, 6.45) is 1.09. The summed E-state index contributed by atoms with van der Waals surface area (Å²) in [5.41, 5.74) is 0.856. The van der Waals surface area contributed by atoms with Gasteiger partial charge in [0.05, 0.1) is 22.9 Å². The predicted octanol–water partition coefficient (Wildman–Crippen LogP) is 2.73. The fourth-order valence-corrected chi connectivity index (χ4v) is 2.05. The number of aromatic carboxylic acids is 1. The van der Waals surface area contributed by atoms with Gasteiger partial charge in [-0.05, 0) is 17.7 Å². The van der Waals surface area contributed by atoms with E-state index in [1.165, 1.54) is 24.3 Å². The van der Waals surface area contributed by atoms with Gasteiger partial charge in [0.15, 0.2) is 0 Å². The molecule has 0 amide bonds. The van der Waals surface area contributed by atoms with Crippen molar-refractivity contribution in [2.24, 2.45) is 0 Å². The highest BCUT2D eigenvalue weighted by atomic mass is 35.5. The first kappa shape index (κ1) is 13.5. The summed E-state index contributed by atoms with van der Waals surface area (Å²) in [6, 6.07) is 5.34. The van der Waals surface area contributed by atoms with Crippen molar-refractivity contribution in [3.63, 3.8) is 0 Å². The van der Waals surface area contributed by atoms with Crippen LogP contribution in [0.4, 0.5) is 4.39 Å². The molecule has 0 aliphatic heterocycles. The van der Waals surface area contributed by atoms with Crippen LogP contribution in [0.3, 0.4) is 0 Å². The minimum Gasteiger partial charge on any atom is -0.478 e. The highest BCUT2D eigenvalue weighted by Crippen LogP contribution is 2.33. The normalized spacial score (nSPS) is 10.5. The topological polar surface area (TPSA) is 70.4 Å². The molecule has 0 unspecified atom stereocenters. The highest BCUT2D eigenvalue weighted by Gasteiger charge is 2.18. The fraction of sp³-hybridized carbons (Fsp3) is 0.0769. The SMILES string of the molecule is O=C(O)c1cnc(CO)c(-c2ccc(F)cc2)c1Cl. The van der Waals surface area contributed by atoms with Crippen LogP contribution >= 0.6 is 11.6 Å². The van der Waals surface area contributed by atoms with Crippen molar-refractivity contribution in [2.45, 2.75) is 6.61 Å². The van der Waals surface area contributed by atoms with Crippen LogP contribution in [0.2, 0.25) is 5.02 Å². The number of nitrogens with zero attached hydrogens (tertiary/aromatic N) is 1. The van der Waals surface area contributed by atoms with E-state index in [0.717, 1.165) is 6.20 Å². The molecule has 98 valence electrons. The Morgan fingerprint density at radius 2 is 1.95 bits per heavy atom. The second-order valence-electron chi connectivity index (χ2n) is 3.78. The van der Waals surface area contributed by atoms with Crippen molar-refractivity contribution >= 4 is 17.6 Å². The molecule has 1 aromatic carbocycles. The Balaban J connectivity index is 2.69. The summed E-state index contributed by atoms with van der Waals surface area (Å²) in [4.78, 5) is 14.9. The van der Waals surface area contributed by atoms with Crippen molar-refractivity contribution in [1.29, 1.82) is 0 Å². The lowest BCUT2D eigenvalue weighted by Crippen LogP contribution is -2.04. The molecule has 0 radical (unpaired) electrons. The Morgan fingerprint density at radius 1 is 1.32 bits per heavy atom. The van der Waals surface area contributed by atoms with Crippen LogP contribution in [0, 0.1) is 5.82 Å². The average molecular weight is 282 g/mol. The van der Waals surface area contributed by atoms with Crippen LogP contribution in [0.1, 0.15) is 16.1 Å². The molecule has 0 saturated heterocycles. The summed E-state index contributed by atoms with van der Waals surface area (Å²) in [6.45, 7) is -0.396. The monoisotopic (exact) mass is 281 g/mol. The summed E-state index contributed by atoms with van der Waals surface area (Å²) in [5.74, 6) is -1.64. The van der Waals surface area contributed by atoms with E-state index in [1.54, 1.807) is 0 Å². The second kappa shape index (κ2) is 5.34. The zero-order valence-electron chi connectivity index (χ0n) is 9.60. The molecule has 0 aliphatic rings. The lowest BCUT2D eigenvalue weighted by Gasteiger charge is -2.11. The number of aliphatic hydroxyl groups is 1. The van der Waals surface area contributed by atoms with Crippen molar-refractivity contribution in [3.8, 4) is 11.1 Å². The number of rotatable bonds is 3. The van der Waals surface area contributed by atoms with Gasteiger partial charge in [0, 0.05) is 11.8 Å². The third-order valence-electron chi connectivity index (χ3n) is 2.61. The Labute approximate surface area is 113 Å². The smallest absolute Gasteiger partial charge is 0.338 e. The van der Waals surface area contributed by atoms with E-state index < -0.39 is 18.4 Å². The largest absolute Gasteiger partial charge is 0.478 e. The van der Waals surface area contributed by atoms with Gasteiger partial charge in [-0.25, -0.2) is 9.18 Å². The van der Waals surface area contributed by atoms with Gasteiger partial charge in [-0.15, -0.1) is 0 Å². The van der Waals surface area contributed by atoms with Gasteiger partial charge in [0.2, 0.25) is 0 Å². The molecule has 4 nitrogen and oxygen atoms in total. The van der Waals surface area contributed by atoms with E-state index in [9.17, 15) is 14.3 Å². The summed E-state index contributed by atoms with van der Waals surface area (Å²) in [5, 5.41) is 18.2. The molecule has 19 heavy (non-hydrogen) atoms. The van der Waals surface area contributed by atoms with Gasteiger partial charge in [-0.1, -0.05) is 23.7 Å². The molecular formula is C13H9ClFNO3. The van der Waals surface area contributed by atoms with Gasteiger partial charge in [0.1, 0.15) is 5.82 Å². The number of carboxylic acids is 1. The second-order valence-corrected chi connectivity index (χ2v) is 4.16. The Hall–Kier alpha value is -1.98. The first-order valence-electron chi connectivity index (χ1n) is 5.32. The van der Waals surface area contributed by atoms with Gasteiger partial charge >= 0.3 is 5.97 Å². The number of halogens is 2. The molecule has 6 heteroatoms. The van der Waals surface area contributed by atoms with E-state index in [-0.39, 0.29) is 16.3 Å². The van der Waals surface area contributed by atoms with Crippen LogP contribution in [0.5, 0.6) is 0 Å². The predicted molar refractivity (Wildman–Crippen MR) is 67.5 cm³/mol. The van der Waals surface area contributed by atoms with Crippen LogP contribution in [-0.2, 0) is 6.61 Å². The number of hydrogen-bond donors (Lipinski definition) is 2. The molecule has 2 aromatic rings. The van der Waals surface area contributed by atoms with Crippen LogP contribution in [0.25, 0.3) is 11.1 Å². The molecule has 0 saturated carbocycles. The first-order chi connectivity index (χ1) is 9.04. The zero-order chi connectivity index (χ0) is 14.0. The lowest BCUT2D eigenvalue weighted by molar-refractivity contribution is 0.0696. The summed E-state index contributed by atoms with van der Waals surface area (Å²) < 4.78 is 12.9. The maximum absolute atomic E-state index is 12.9. The molecule has 0 atom stereocenters. The quantitative estimate of drug-likeness (QED) is 0.907. The number of carbonyl (C=O) groups is 1. The molecule has 0 spiro atoms. The van der Waals surface area contributed by atoms with Crippen LogP contribution in [-0.4, -0.2) is 21.2 Å². The minimum absolute atomic E-state index is 0.0295. The first-order valence-corrected chi connectivity index (χ1v) is 5.70. The molecular weight excluding hydrogens is 273 g/mol. The van der Waals surface area contributed by atoms with E-state index in [1.807, 2.05) is 0 Å². The van der Waals surface area contributed by atoms with Crippen molar-refractivity contribution in [1.82, 2.24) is 4.98 Å². The molecule has 0 fully saturated rings. The number of benzene rings is 1. The Bertz CT molecular complexity index is 629. The van der Waals surface area contributed by atoms with Crippen molar-refractivity contribution in [2.75, 3.05) is 0 Å². The standard InChI is InChI=1S/C13H9ClFNO3/c14-12-9(13(18)19)5-16-10(6-17)11(12)7-1-3-8(15)4-2-7/h1-5,17H,6H2,(H,18,19). The highest BCUT2D eigenvalue weighted by molar-refractivity contribution is 6.36. The van der Waals surface area contributed by atoms with E-state index in [0.29, 0.717) is 11.1 Å². The average Bonchev–Trinajstić information content (AvgIpc) is 2.39. The van der Waals surface area contributed by atoms with Crippen molar-refractivity contribution < 1.29 is 19.4 Å². The Kier molecular flexibility index (Phi) is 3.78. The van der Waals surface area contributed by atoms with Gasteiger partial charge in [0.25, 0.3) is 0 Å². The summed E-state index contributed by atoms with van der Waals surface area (Å²) in [7, 11) is 0. The Morgan fingerprint density at radius 3 is 2.47 bits per heavy atom. The van der Waals surface area contributed by atoms with E-state index >= 15 is 0 Å². The minimum atomic E-state index is -1.22. The van der Waals surface area contributed by atoms with E-state index in [2.05, 4.69) is 4.98 Å². The number of carboxylic acid groups (broad SMARTS) is 1. The molecule has 1 heterocycles. The molecule has 0 aliphatic carbocycles. The van der Waals surface area contributed by atoms with Crippen LogP contribution < -0.4 is 0 Å². The maximum atomic E-state index is 12.9. The van der Waals surface area contributed by atoms with Crippen LogP contribution in [0.15, 0.2) is 30.5 Å².